The molecule has 0 spiro atoms. The number of aliphatic hydroxyl groups is 1. The van der Waals surface area contributed by atoms with Crippen LogP contribution >= 0.6 is 12.6 Å². The van der Waals surface area contributed by atoms with Gasteiger partial charge in [0, 0.05) is 0 Å². The summed E-state index contributed by atoms with van der Waals surface area (Å²) in [5.41, 5.74) is -1.10. The SMILES string of the molecule is CC(O)(CCS)CC(=O)O. The summed E-state index contributed by atoms with van der Waals surface area (Å²) in [4.78, 5) is 10.1. The predicted molar refractivity (Wildman–Crippen MR) is 41.3 cm³/mol. The van der Waals surface area contributed by atoms with E-state index in [0.29, 0.717) is 12.2 Å². The third-order valence-corrected chi connectivity index (χ3v) is 1.41. The van der Waals surface area contributed by atoms with Crippen LogP contribution in [0.1, 0.15) is 19.8 Å². The highest BCUT2D eigenvalue weighted by Crippen LogP contribution is 2.14. The van der Waals surface area contributed by atoms with Crippen molar-refractivity contribution in [3.63, 3.8) is 0 Å². The number of carboxylic acid groups (broad SMARTS) is 1. The normalized spacial score (nSPS) is 16.3. The highest BCUT2D eigenvalue weighted by molar-refractivity contribution is 7.80. The molecular formula is C6H12O3S. The number of hydrogen-bond acceptors (Lipinski definition) is 3. The molecule has 0 rings (SSSR count). The number of aliphatic carboxylic acids is 1. The van der Waals surface area contributed by atoms with Crippen molar-refractivity contribution in [2.75, 3.05) is 5.75 Å². The Morgan fingerprint density at radius 2 is 2.20 bits per heavy atom. The van der Waals surface area contributed by atoms with Crippen molar-refractivity contribution in [1.82, 2.24) is 0 Å². The molecule has 0 aliphatic rings. The number of carboxylic acids is 1. The van der Waals surface area contributed by atoms with Crippen LogP contribution < -0.4 is 0 Å². The van der Waals surface area contributed by atoms with Crippen LogP contribution in [0, 0.1) is 0 Å². The van der Waals surface area contributed by atoms with E-state index in [0.717, 1.165) is 0 Å². The second kappa shape index (κ2) is 3.83. The molecule has 0 aromatic carbocycles. The molecule has 0 saturated heterocycles. The molecule has 0 aliphatic heterocycles. The number of carbonyl (C=O) groups is 1. The molecule has 0 bridgehead atoms. The summed E-state index contributed by atoms with van der Waals surface area (Å²) in [6, 6.07) is 0. The lowest BCUT2D eigenvalue weighted by atomic mass is 10.00. The van der Waals surface area contributed by atoms with Crippen molar-refractivity contribution in [1.29, 1.82) is 0 Å². The van der Waals surface area contributed by atoms with Gasteiger partial charge in [0.25, 0.3) is 0 Å². The number of thiol groups is 1. The van der Waals surface area contributed by atoms with Crippen LogP contribution in [-0.4, -0.2) is 27.5 Å². The third-order valence-electron chi connectivity index (χ3n) is 1.18. The molecule has 4 heteroatoms. The van der Waals surface area contributed by atoms with E-state index in [9.17, 15) is 9.90 Å². The van der Waals surface area contributed by atoms with Gasteiger partial charge in [0.2, 0.25) is 0 Å². The Morgan fingerprint density at radius 1 is 1.70 bits per heavy atom. The smallest absolute Gasteiger partial charge is 0.306 e. The molecule has 0 aliphatic carbocycles. The van der Waals surface area contributed by atoms with Gasteiger partial charge < -0.3 is 10.2 Å². The highest BCUT2D eigenvalue weighted by Gasteiger charge is 2.22. The van der Waals surface area contributed by atoms with Gasteiger partial charge in [-0.1, -0.05) is 0 Å². The zero-order valence-corrected chi connectivity index (χ0v) is 6.77. The van der Waals surface area contributed by atoms with Gasteiger partial charge in [-0.3, -0.25) is 4.79 Å². The first kappa shape index (κ1) is 9.78. The summed E-state index contributed by atoms with van der Waals surface area (Å²) in [6.07, 6.45) is 0.190. The van der Waals surface area contributed by atoms with Crippen LogP contribution in [0.4, 0.5) is 0 Å². The quantitative estimate of drug-likeness (QED) is 0.531. The molecule has 0 fully saturated rings. The fraction of sp³-hybridized carbons (Fsp3) is 0.833. The maximum Gasteiger partial charge on any atom is 0.306 e. The second-order valence-corrected chi connectivity index (χ2v) is 2.99. The summed E-state index contributed by atoms with van der Waals surface area (Å²) in [5.74, 6) is -0.480. The molecule has 0 aromatic heterocycles. The van der Waals surface area contributed by atoms with Crippen LogP contribution in [0.5, 0.6) is 0 Å². The van der Waals surface area contributed by atoms with Crippen LogP contribution in [0.15, 0.2) is 0 Å². The third kappa shape index (κ3) is 4.64. The van der Waals surface area contributed by atoms with Gasteiger partial charge in [0.15, 0.2) is 0 Å². The van der Waals surface area contributed by atoms with Crippen molar-refractivity contribution in [2.45, 2.75) is 25.4 Å². The van der Waals surface area contributed by atoms with Crippen molar-refractivity contribution in [3.8, 4) is 0 Å². The average Bonchev–Trinajstić information content (AvgIpc) is 1.59. The second-order valence-electron chi connectivity index (χ2n) is 2.54. The summed E-state index contributed by atoms with van der Waals surface area (Å²) in [7, 11) is 0. The fourth-order valence-corrected chi connectivity index (χ4v) is 1.14. The predicted octanol–water partition coefficient (Wildman–Crippen LogP) is 0.532. The molecule has 60 valence electrons. The van der Waals surface area contributed by atoms with E-state index in [1.807, 2.05) is 0 Å². The largest absolute Gasteiger partial charge is 0.481 e. The Morgan fingerprint density at radius 3 is 2.50 bits per heavy atom. The van der Waals surface area contributed by atoms with E-state index >= 15 is 0 Å². The molecule has 1 unspecified atom stereocenters. The van der Waals surface area contributed by atoms with E-state index in [1.165, 1.54) is 6.92 Å². The lowest BCUT2D eigenvalue weighted by molar-refractivity contribution is -0.141. The zero-order valence-electron chi connectivity index (χ0n) is 5.87. The molecule has 2 N–H and O–H groups in total. The van der Waals surface area contributed by atoms with Crippen molar-refractivity contribution in [2.24, 2.45) is 0 Å². The van der Waals surface area contributed by atoms with Gasteiger partial charge in [-0.2, -0.15) is 12.6 Å². The van der Waals surface area contributed by atoms with E-state index in [4.69, 9.17) is 5.11 Å². The Labute approximate surface area is 65.5 Å². The Balaban J connectivity index is 3.74. The molecule has 0 heterocycles. The first-order valence-electron chi connectivity index (χ1n) is 3.03. The van der Waals surface area contributed by atoms with Gasteiger partial charge >= 0.3 is 5.97 Å². The van der Waals surface area contributed by atoms with Crippen molar-refractivity contribution >= 4 is 18.6 Å². The molecule has 3 nitrogen and oxygen atoms in total. The molecular weight excluding hydrogens is 152 g/mol. The molecule has 0 aromatic rings. The van der Waals surface area contributed by atoms with E-state index < -0.39 is 11.6 Å². The zero-order chi connectivity index (χ0) is 8.20. The molecule has 0 radical (unpaired) electrons. The summed E-state index contributed by atoms with van der Waals surface area (Å²) < 4.78 is 0. The first-order valence-corrected chi connectivity index (χ1v) is 3.66. The molecule has 0 saturated carbocycles. The molecule has 10 heavy (non-hydrogen) atoms. The Hall–Kier alpha value is -0.220. The van der Waals surface area contributed by atoms with Crippen LogP contribution in [0.25, 0.3) is 0 Å². The van der Waals surface area contributed by atoms with Crippen LogP contribution in [0.3, 0.4) is 0 Å². The van der Waals surface area contributed by atoms with Gasteiger partial charge in [0.05, 0.1) is 12.0 Å². The van der Waals surface area contributed by atoms with Gasteiger partial charge in [-0.15, -0.1) is 0 Å². The lowest BCUT2D eigenvalue weighted by Crippen LogP contribution is -2.28. The lowest BCUT2D eigenvalue weighted by Gasteiger charge is -2.19. The summed E-state index contributed by atoms with van der Waals surface area (Å²) in [6.45, 7) is 1.50. The van der Waals surface area contributed by atoms with E-state index in [-0.39, 0.29) is 6.42 Å². The Bertz CT molecular complexity index is 122. The maximum atomic E-state index is 10.1. The monoisotopic (exact) mass is 164 g/mol. The maximum absolute atomic E-state index is 10.1. The standard InChI is InChI=1S/C6H12O3S/c1-6(9,2-3-10)4-5(7)8/h9-10H,2-4H2,1H3,(H,7,8). The first-order chi connectivity index (χ1) is 4.48. The summed E-state index contributed by atoms with van der Waals surface area (Å²) in [5, 5.41) is 17.5. The van der Waals surface area contributed by atoms with E-state index in [1.54, 1.807) is 0 Å². The van der Waals surface area contributed by atoms with Gasteiger partial charge in [-0.05, 0) is 19.1 Å². The minimum atomic E-state index is -1.10. The number of rotatable bonds is 4. The van der Waals surface area contributed by atoms with Gasteiger partial charge in [0.1, 0.15) is 0 Å². The van der Waals surface area contributed by atoms with E-state index in [2.05, 4.69) is 12.6 Å². The Kier molecular flexibility index (Phi) is 3.75. The van der Waals surface area contributed by atoms with Gasteiger partial charge in [-0.25, -0.2) is 0 Å². The minimum Gasteiger partial charge on any atom is -0.481 e. The highest BCUT2D eigenvalue weighted by atomic mass is 32.1. The van der Waals surface area contributed by atoms with Crippen molar-refractivity contribution in [3.05, 3.63) is 0 Å². The molecule has 0 amide bonds. The fourth-order valence-electron chi connectivity index (χ4n) is 0.655. The van der Waals surface area contributed by atoms with Crippen molar-refractivity contribution < 1.29 is 15.0 Å². The van der Waals surface area contributed by atoms with Crippen LogP contribution in [-0.2, 0) is 4.79 Å². The van der Waals surface area contributed by atoms with Crippen LogP contribution in [0.2, 0.25) is 0 Å². The minimum absolute atomic E-state index is 0.215. The topological polar surface area (TPSA) is 57.5 Å². The summed E-state index contributed by atoms with van der Waals surface area (Å²) >= 11 is 3.88. The number of hydrogen-bond donors (Lipinski definition) is 3. The average molecular weight is 164 g/mol. The molecule has 1 atom stereocenters.